The number of nitrogens with zero attached hydrogens (tertiary/aromatic N) is 1. The summed E-state index contributed by atoms with van der Waals surface area (Å²) in [5, 5.41) is 3.41. The van der Waals surface area contributed by atoms with Crippen molar-refractivity contribution in [2.45, 2.75) is 53.0 Å². The van der Waals surface area contributed by atoms with Gasteiger partial charge in [0.2, 0.25) is 0 Å². The quantitative estimate of drug-likeness (QED) is 0.797. The van der Waals surface area contributed by atoms with E-state index in [9.17, 15) is 4.79 Å². The summed E-state index contributed by atoms with van der Waals surface area (Å²) in [4.78, 5) is 15.5. The highest BCUT2D eigenvalue weighted by Crippen LogP contribution is 2.46. The topological polar surface area (TPSA) is 94.0 Å². The first-order valence-electron chi connectivity index (χ1n) is 7.41. The monoisotopic (exact) mass is 290 g/mol. The minimum atomic E-state index is -0.539. The van der Waals surface area contributed by atoms with Gasteiger partial charge in [0, 0.05) is 6.04 Å². The van der Waals surface area contributed by atoms with Crippen molar-refractivity contribution in [3.8, 4) is 0 Å². The van der Waals surface area contributed by atoms with Crippen LogP contribution in [0.2, 0.25) is 0 Å². The van der Waals surface area contributed by atoms with Crippen LogP contribution in [-0.2, 0) is 0 Å². The third-order valence-corrected chi connectivity index (χ3v) is 4.07. The van der Waals surface area contributed by atoms with Gasteiger partial charge in [-0.25, -0.2) is 4.98 Å². The van der Waals surface area contributed by atoms with Crippen LogP contribution in [0, 0.1) is 10.8 Å². The number of anilines is 2. The summed E-state index contributed by atoms with van der Waals surface area (Å²) in [7, 11) is 0. The van der Waals surface area contributed by atoms with Crippen LogP contribution in [0.15, 0.2) is 12.1 Å². The van der Waals surface area contributed by atoms with Crippen LogP contribution in [0.25, 0.3) is 0 Å². The van der Waals surface area contributed by atoms with Gasteiger partial charge in [-0.2, -0.15) is 0 Å². The first-order valence-corrected chi connectivity index (χ1v) is 7.41. The molecule has 1 aromatic heterocycles. The number of hydrogen-bond acceptors (Lipinski definition) is 4. The number of carbonyl (C=O) groups excluding carboxylic acids is 1. The minimum Gasteiger partial charge on any atom is -0.396 e. The lowest BCUT2D eigenvalue weighted by Crippen LogP contribution is -2.40. The van der Waals surface area contributed by atoms with Crippen LogP contribution in [0.4, 0.5) is 11.5 Å². The highest BCUT2D eigenvalue weighted by molar-refractivity contribution is 5.91. The zero-order chi connectivity index (χ0) is 15.8. The number of rotatable bonds is 3. The number of aromatic nitrogens is 1. The molecule has 5 N–H and O–H groups in total. The van der Waals surface area contributed by atoms with E-state index < -0.39 is 5.91 Å². The van der Waals surface area contributed by atoms with Gasteiger partial charge < -0.3 is 16.8 Å². The lowest BCUT2D eigenvalue weighted by atomic mass is 9.63. The van der Waals surface area contributed by atoms with Crippen molar-refractivity contribution in [1.29, 1.82) is 0 Å². The van der Waals surface area contributed by atoms with Crippen molar-refractivity contribution < 1.29 is 4.79 Å². The van der Waals surface area contributed by atoms with Gasteiger partial charge in [0.05, 0.1) is 5.69 Å². The van der Waals surface area contributed by atoms with Crippen LogP contribution in [0.5, 0.6) is 0 Å². The Morgan fingerprint density at radius 2 is 1.81 bits per heavy atom. The second kappa shape index (κ2) is 5.20. The highest BCUT2D eigenvalue weighted by atomic mass is 16.1. The number of nitrogens with one attached hydrogen (secondary N) is 1. The van der Waals surface area contributed by atoms with Gasteiger partial charge in [-0.05, 0) is 42.2 Å². The average Bonchev–Trinajstić information content (AvgIpc) is 2.27. The van der Waals surface area contributed by atoms with E-state index in [0.717, 1.165) is 12.8 Å². The van der Waals surface area contributed by atoms with Crippen molar-refractivity contribution in [3.05, 3.63) is 17.8 Å². The Morgan fingerprint density at radius 1 is 1.24 bits per heavy atom. The van der Waals surface area contributed by atoms with Gasteiger partial charge in [-0.15, -0.1) is 0 Å². The van der Waals surface area contributed by atoms with Crippen LogP contribution < -0.4 is 16.8 Å². The van der Waals surface area contributed by atoms with E-state index in [4.69, 9.17) is 11.5 Å². The zero-order valence-corrected chi connectivity index (χ0v) is 13.4. The molecule has 0 aliphatic heterocycles. The van der Waals surface area contributed by atoms with Crippen molar-refractivity contribution in [1.82, 2.24) is 4.98 Å². The van der Waals surface area contributed by atoms with E-state index >= 15 is 0 Å². The number of nitrogen functional groups attached to an aromatic ring is 1. The van der Waals surface area contributed by atoms with Gasteiger partial charge in [0.15, 0.2) is 0 Å². The Morgan fingerprint density at radius 3 is 2.33 bits per heavy atom. The molecule has 0 unspecified atom stereocenters. The standard InChI is InChI=1S/C16H26N4O/c1-15(2)7-10(8-16(3,4)9-15)19-14-11(17)5-6-12(20-14)13(18)21/h5-6,10H,7-9,17H2,1-4H3,(H2,18,21)(H,19,20). The van der Waals surface area contributed by atoms with E-state index in [2.05, 4.69) is 38.0 Å². The van der Waals surface area contributed by atoms with Gasteiger partial charge in [-0.1, -0.05) is 27.7 Å². The van der Waals surface area contributed by atoms with E-state index in [1.54, 1.807) is 12.1 Å². The van der Waals surface area contributed by atoms with Crippen molar-refractivity contribution >= 4 is 17.4 Å². The smallest absolute Gasteiger partial charge is 0.267 e. The molecule has 0 atom stereocenters. The predicted octanol–water partition coefficient (Wildman–Crippen LogP) is 2.78. The molecule has 1 amide bonds. The summed E-state index contributed by atoms with van der Waals surface area (Å²) in [5.74, 6) is 0.0205. The summed E-state index contributed by atoms with van der Waals surface area (Å²) >= 11 is 0. The molecule has 2 rings (SSSR count). The number of nitrogens with two attached hydrogens (primary N) is 2. The number of pyridine rings is 1. The molecular weight excluding hydrogens is 264 g/mol. The second-order valence-electron chi connectivity index (χ2n) is 7.75. The zero-order valence-electron chi connectivity index (χ0n) is 13.4. The third-order valence-electron chi connectivity index (χ3n) is 4.07. The molecule has 0 bridgehead atoms. The van der Waals surface area contributed by atoms with Crippen LogP contribution in [0.1, 0.15) is 57.4 Å². The molecule has 5 nitrogen and oxygen atoms in total. The summed E-state index contributed by atoms with van der Waals surface area (Å²) in [6, 6.07) is 3.52. The summed E-state index contributed by atoms with van der Waals surface area (Å²) < 4.78 is 0. The molecule has 1 aromatic rings. The van der Waals surface area contributed by atoms with E-state index in [0.29, 0.717) is 17.5 Å². The number of primary amides is 1. The Balaban J connectivity index is 2.21. The lowest BCUT2D eigenvalue weighted by molar-refractivity contribution is 0.0993. The Labute approximate surface area is 126 Å². The summed E-state index contributed by atoms with van der Waals surface area (Å²) in [6.07, 6.45) is 3.30. The molecule has 1 aliphatic rings. The lowest BCUT2D eigenvalue weighted by Gasteiger charge is -2.45. The number of carbonyl (C=O) groups is 1. The van der Waals surface area contributed by atoms with Crippen molar-refractivity contribution in [2.75, 3.05) is 11.1 Å². The summed E-state index contributed by atoms with van der Waals surface area (Å²) in [6.45, 7) is 9.16. The van der Waals surface area contributed by atoms with Crippen LogP contribution >= 0.6 is 0 Å². The maximum Gasteiger partial charge on any atom is 0.267 e. The van der Waals surface area contributed by atoms with E-state index in [-0.39, 0.29) is 16.5 Å². The van der Waals surface area contributed by atoms with E-state index in [1.807, 2.05) is 0 Å². The molecule has 1 heterocycles. The fourth-order valence-corrected chi connectivity index (χ4v) is 3.86. The molecule has 5 heteroatoms. The molecule has 0 aromatic carbocycles. The Kier molecular flexibility index (Phi) is 3.87. The average molecular weight is 290 g/mol. The fraction of sp³-hybridized carbons (Fsp3) is 0.625. The largest absolute Gasteiger partial charge is 0.396 e. The number of amides is 1. The summed E-state index contributed by atoms with van der Waals surface area (Å²) in [5.41, 5.74) is 12.6. The van der Waals surface area contributed by atoms with Crippen LogP contribution in [0.3, 0.4) is 0 Å². The Bertz CT molecular complexity index is 535. The number of hydrogen-bond donors (Lipinski definition) is 3. The van der Waals surface area contributed by atoms with Gasteiger partial charge >= 0.3 is 0 Å². The van der Waals surface area contributed by atoms with Gasteiger partial charge in [0.1, 0.15) is 11.5 Å². The predicted molar refractivity (Wildman–Crippen MR) is 86.0 cm³/mol. The first-order chi connectivity index (χ1) is 9.58. The molecule has 0 spiro atoms. The fourth-order valence-electron chi connectivity index (χ4n) is 3.86. The molecule has 116 valence electrons. The molecule has 0 radical (unpaired) electrons. The van der Waals surface area contributed by atoms with Crippen molar-refractivity contribution in [3.63, 3.8) is 0 Å². The molecule has 0 saturated heterocycles. The molecular formula is C16H26N4O. The SMILES string of the molecule is CC1(C)CC(Nc2nc(C(N)=O)ccc2N)CC(C)(C)C1. The van der Waals surface area contributed by atoms with Crippen LogP contribution in [-0.4, -0.2) is 16.9 Å². The first kappa shape index (κ1) is 15.6. The Hall–Kier alpha value is -1.78. The maximum absolute atomic E-state index is 11.3. The van der Waals surface area contributed by atoms with Gasteiger partial charge in [0.25, 0.3) is 5.91 Å². The highest BCUT2D eigenvalue weighted by Gasteiger charge is 2.38. The molecule has 21 heavy (non-hydrogen) atoms. The molecule has 1 fully saturated rings. The molecule has 1 saturated carbocycles. The normalized spacial score (nSPS) is 21.0. The minimum absolute atomic E-state index is 0.237. The second-order valence-corrected chi connectivity index (χ2v) is 7.75. The van der Waals surface area contributed by atoms with E-state index in [1.165, 1.54) is 6.42 Å². The van der Waals surface area contributed by atoms with Gasteiger partial charge in [-0.3, -0.25) is 4.79 Å². The van der Waals surface area contributed by atoms with Crippen molar-refractivity contribution in [2.24, 2.45) is 16.6 Å². The third kappa shape index (κ3) is 3.86. The molecule has 1 aliphatic carbocycles. The maximum atomic E-state index is 11.3.